The van der Waals surface area contributed by atoms with Crippen molar-refractivity contribution < 1.29 is 9.59 Å². The van der Waals surface area contributed by atoms with Gasteiger partial charge in [0.25, 0.3) is 0 Å². The normalized spacial score (nSPS) is 10.0. The monoisotopic (exact) mass is 323 g/mol. The summed E-state index contributed by atoms with van der Waals surface area (Å²) < 4.78 is 0. The number of nitrogens with zero attached hydrogens (tertiary/aromatic N) is 1. The second kappa shape index (κ2) is 6.56. The molecule has 0 saturated heterocycles. The van der Waals surface area contributed by atoms with E-state index < -0.39 is 11.8 Å². The lowest BCUT2D eigenvalue weighted by atomic mass is 10.3. The number of hydrogen-bond donors (Lipinski definition) is 2. The second-order valence-corrected chi connectivity index (χ2v) is 5.04. The number of anilines is 2. The van der Waals surface area contributed by atoms with E-state index in [-0.39, 0.29) is 10.7 Å². The van der Waals surface area contributed by atoms with E-state index in [1.165, 1.54) is 12.1 Å². The predicted molar refractivity (Wildman–Crippen MR) is 82.7 cm³/mol. The van der Waals surface area contributed by atoms with Crippen LogP contribution in [0.5, 0.6) is 0 Å². The first-order chi connectivity index (χ1) is 9.95. The van der Waals surface area contributed by atoms with E-state index in [4.69, 9.17) is 23.2 Å². The molecule has 0 saturated carbocycles. The number of pyridine rings is 1. The number of carbonyl (C=O) groups is 2. The largest absolute Gasteiger partial charge is 0.316 e. The van der Waals surface area contributed by atoms with Crippen molar-refractivity contribution in [1.82, 2.24) is 4.98 Å². The van der Waals surface area contributed by atoms with Gasteiger partial charge < -0.3 is 10.6 Å². The molecule has 1 heterocycles. The lowest BCUT2D eigenvalue weighted by Gasteiger charge is -2.08. The van der Waals surface area contributed by atoms with Gasteiger partial charge in [0.1, 0.15) is 5.82 Å². The highest BCUT2D eigenvalue weighted by molar-refractivity contribution is 6.45. The van der Waals surface area contributed by atoms with Gasteiger partial charge in [0.2, 0.25) is 0 Å². The fourth-order valence-corrected chi connectivity index (χ4v) is 1.90. The molecule has 5 nitrogen and oxygen atoms in total. The van der Waals surface area contributed by atoms with Crippen LogP contribution in [-0.2, 0) is 9.59 Å². The average molecular weight is 324 g/mol. The summed E-state index contributed by atoms with van der Waals surface area (Å²) in [5.74, 6) is -1.40. The Morgan fingerprint density at radius 1 is 1.05 bits per heavy atom. The maximum Gasteiger partial charge on any atom is 0.315 e. The summed E-state index contributed by atoms with van der Waals surface area (Å²) in [6.45, 7) is 1.78. The molecule has 0 aliphatic carbocycles. The number of nitrogens with one attached hydrogen (secondary N) is 2. The van der Waals surface area contributed by atoms with Gasteiger partial charge in [-0.25, -0.2) is 4.98 Å². The lowest BCUT2D eigenvalue weighted by molar-refractivity contribution is -0.133. The molecule has 2 amide bonds. The molecule has 0 atom stereocenters. The Morgan fingerprint density at radius 3 is 2.48 bits per heavy atom. The van der Waals surface area contributed by atoms with Gasteiger partial charge in [-0.05, 0) is 37.3 Å². The van der Waals surface area contributed by atoms with Gasteiger partial charge in [-0.15, -0.1) is 0 Å². The highest BCUT2D eigenvalue weighted by Gasteiger charge is 2.16. The predicted octanol–water partition coefficient (Wildman–Crippen LogP) is 3.27. The molecule has 2 N–H and O–H groups in total. The molecule has 0 fully saturated rings. The molecule has 0 radical (unpaired) electrons. The van der Waals surface area contributed by atoms with Crippen LogP contribution in [0.15, 0.2) is 36.4 Å². The topological polar surface area (TPSA) is 71.1 Å². The fraction of sp³-hybridized carbons (Fsp3) is 0.0714. The van der Waals surface area contributed by atoms with Gasteiger partial charge in [-0.2, -0.15) is 0 Å². The number of aromatic nitrogens is 1. The number of aryl methyl sites for hydroxylation is 1. The summed E-state index contributed by atoms with van der Waals surface area (Å²) in [6, 6.07) is 9.66. The molecule has 0 bridgehead atoms. The molecular weight excluding hydrogens is 313 g/mol. The summed E-state index contributed by atoms with van der Waals surface area (Å²) in [6.07, 6.45) is 0. The molecule has 0 spiro atoms. The van der Waals surface area contributed by atoms with Crippen molar-refractivity contribution in [3.63, 3.8) is 0 Å². The minimum atomic E-state index is -0.859. The zero-order valence-electron chi connectivity index (χ0n) is 11.0. The van der Waals surface area contributed by atoms with Gasteiger partial charge in [0.15, 0.2) is 0 Å². The molecule has 2 rings (SSSR count). The Balaban J connectivity index is 2.06. The van der Waals surface area contributed by atoms with Crippen LogP contribution in [0.1, 0.15) is 5.69 Å². The lowest BCUT2D eigenvalue weighted by Crippen LogP contribution is -2.29. The third-order valence-corrected chi connectivity index (χ3v) is 3.08. The van der Waals surface area contributed by atoms with E-state index >= 15 is 0 Å². The average Bonchev–Trinajstić information content (AvgIpc) is 2.43. The SMILES string of the molecule is Cc1cccc(NC(=O)C(=O)Nc2cc(Cl)ccc2Cl)n1. The van der Waals surface area contributed by atoms with E-state index in [0.29, 0.717) is 10.8 Å². The molecule has 2 aromatic rings. The summed E-state index contributed by atoms with van der Waals surface area (Å²) in [4.78, 5) is 27.7. The van der Waals surface area contributed by atoms with Crippen molar-refractivity contribution in [2.75, 3.05) is 10.6 Å². The fourth-order valence-electron chi connectivity index (χ4n) is 1.56. The van der Waals surface area contributed by atoms with Gasteiger partial charge in [-0.3, -0.25) is 9.59 Å². The van der Waals surface area contributed by atoms with E-state index in [1.54, 1.807) is 31.2 Å². The standard InChI is InChI=1S/C14H11Cl2N3O2/c1-8-3-2-4-12(17-8)19-14(21)13(20)18-11-7-9(15)5-6-10(11)16/h2-7H,1H3,(H,18,20)(H,17,19,21). The number of amides is 2. The van der Waals surface area contributed by atoms with Crippen molar-refractivity contribution in [3.8, 4) is 0 Å². The van der Waals surface area contributed by atoms with Crippen molar-refractivity contribution in [2.24, 2.45) is 0 Å². The zero-order chi connectivity index (χ0) is 15.4. The first kappa shape index (κ1) is 15.3. The molecule has 1 aromatic heterocycles. The first-order valence-corrected chi connectivity index (χ1v) is 6.72. The quantitative estimate of drug-likeness (QED) is 0.833. The third-order valence-electron chi connectivity index (χ3n) is 2.51. The molecule has 108 valence electrons. The minimum Gasteiger partial charge on any atom is -0.316 e. The van der Waals surface area contributed by atoms with Crippen LogP contribution in [0.3, 0.4) is 0 Å². The number of carbonyl (C=O) groups excluding carboxylic acids is 2. The van der Waals surface area contributed by atoms with Crippen molar-refractivity contribution in [1.29, 1.82) is 0 Å². The van der Waals surface area contributed by atoms with Crippen molar-refractivity contribution in [2.45, 2.75) is 6.92 Å². The Bertz CT molecular complexity index is 704. The maximum atomic E-state index is 11.8. The Kier molecular flexibility index (Phi) is 4.77. The van der Waals surface area contributed by atoms with Crippen LogP contribution in [0, 0.1) is 6.92 Å². The van der Waals surface area contributed by atoms with E-state index in [9.17, 15) is 9.59 Å². The second-order valence-electron chi connectivity index (χ2n) is 4.20. The van der Waals surface area contributed by atoms with Crippen LogP contribution in [0.2, 0.25) is 10.0 Å². The van der Waals surface area contributed by atoms with Crippen LogP contribution in [0.4, 0.5) is 11.5 Å². The van der Waals surface area contributed by atoms with Gasteiger partial charge in [0.05, 0.1) is 10.7 Å². The molecule has 0 aliphatic rings. The summed E-state index contributed by atoms with van der Waals surface area (Å²) in [5.41, 5.74) is 0.993. The molecule has 7 heteroatoms. The number of hydrogen-bond acceptors (Lipinski definition) is 3. The first-order valence-electron chi connectivity index (χ1n) is 5.97. The molecule has 0 unspecified atom stereocenters. The molecule has 21 heavy (non-hydrogen) atoms. The highest BCUT2D eigenvalue weighted by Crippen LogP contribution is 2.25. The Labute approximate surface area is 131 Å². The number of rotatable bonds is 2. The van der Waals surface area contributed by atoms with Crippen LogP contribution >= 0.6 is 23.2 Å². The van der Waals surface area contributed by atoms with Crippen molar-refractivity contribution in [3.05, 3.63) is 52.1 Å². The van der Waals surface area contributed by atoms with Gasteiger partial charge in [-0.1, -0.05) is 29.3 Å². The van der Waals surface area contributed by atoms with E-state index in [1.807, 2.05) is 0 Å². The van der Waals surface area contributed by atoms with Gasteiger partial charge >= 0.3 is 11.8 Å². The minimum absolute atomic E-state index is 0.265. The highest BCUT2D eigenvalue weighted by atomic mass is 35.5. The van der Waals surface area contributed by atoms with E-state index in [0.717, 1.165) is 5.69 Å². The van der Waals surface area contributed by atoms with E-state index in [2.05, 4.69) is 15.6 Å². The van der Waals surface area contributed by atoms with Crippen LogP contribution in [0.25, 0.3) is 0 Å². The number of benzene rings is 1. The summed E-state index contributed by atoms with van der Waals surface area (Å²) >= 11 is 11.7. The smallest absolute Gasteiger partial charge is 0.315 e. The zero-order valence-corrected chi connectivity index (χ0v) is 12.5. The van der Waals surface area contributed by atoms with Crippen molar-refractivity contribution >= 4 is 46.5 Å². The maximum absolute atomic E-state index is 11.8. The Morgan fingerprint density at radius 2 is 1.76 bits per heavy atom. The summed E-state index contributed by atoms with van der Waals surface area (Å²) in [7, 11) is 0. The van der Waals surface area contributed by atoms with Gasteiger partial charge in [0, 0.05) is 10.7 Å². The third kappa shape index (κ3) is 4.18. The Hall–Kier alpha value is -2.11. The molecule has 1 aromatic carbocycles. The molecular formula is C14H11Cl2N3O2. The van der Waals surface area contributed by atoms with Crippen LogP contribution in [-0.4, -0.2) is 16.8 Å². The number of halogens is 2. The molecule has 0 aliphatic heterocycles. The van der Waals surface area contributed by atoms with Crippen LogP contribution < -0.4 is 10.6 Å². The summed E-state index contributed by atoms with van der Waals surface area (Å²) in [5, 5.41) is 5.47.